The second kappa shape index (κ2) is 9.67. The molecule has 26 heavy (non-hydrogen) atoms. The van der Waals surface area contributed by atoms with Gasteiger partial charge in [0.1, 0.15) is 0 Å². The van der Waals surface area contributed by atoms with E-state index in [2.05, 4.69) is 67.5 Å². The average Bonchev–Trinajstić information content (AvgIpc) is 2.66. The number of nitrogens with one attached hydrogen (secondary N) is 1. The molecule has 0 radical (unpaired) electrons. The molecular formula is C21H24BrN3O. The summed E-state index contributed by atoms with van der Waals surface area (Å²) in [6.07, 6.45) is 4.38. The van der Waals surface area contributed by atoms with Gasteiger partial charge in [-0.3, -0.25) is 14.6 Å². The second-order valence-corrected chi connectivity index (χ2v) is 7.36. The van der Waals surface area contributed by atoms with Crippen molar-refractivity contribution in [3.8, 4) is 0 Å². The van der Waals surface area contributed by atoms with Gasteiger partial charge in [-0.2, -0.15) is 0 Å². The van der Waals surface area contributed by atoms with Gasteiger partial charge in [-0.1, -0.05) is 58.4 Å². The molecule has 1 saturated heterocycles. The van der Waals surface area contributed by atoms with Crippen molar-refractivity contribution in [3.05, 3.63) is 70.7 Å². The molecule has 0 unspecified atom stereocenters. The summed E-state index contributed by atoms with van der Waals surface area (Å²) in [4.78, 5) is 16.8. The summed E-state index contributed by atoms with van der Waals surface area (Å²) in [5.74, 6) is 0.0461. The molecule has 1 amide bonds. The summed E-state index contributed by atoms with van der Waals surface area (Å²) < 4.78 is 1.01. The van der Waals surface area contributed by atoms with Gasteiger partial charge in [0.2, 0.25) is 5.91 Å². The Bertz CT molecular complexity index is 723. The number of piperazine rings is 1. The van der Waals surface area contributed by atoms with Gasteiger partial charge in [-0.25, -0.2) is 0 Å². The van der Waals surface area contributed by atoms with Crippen molar-refractivity contribution in [2.45, 2.75) is 0 Å². The van der Waals surface area contributed by atoms with E-state index in [0.29, 0.717) is 6.54 Å². The lowest BCUT2D eigenvalue weighted by Crippen LogP contribution is -2.48. The molecule has 1 aliphatic rings. The van der Waals surface area contributed by atoms with Crippen LogP contribution in [0, 0.1) is 0 Å². The highest BCUT2D eigenvalue weighted by molar-refractivity contribution is 9.10. The number of carbonyl (C=O) groups excluding carboxylic acids is 1. The molecule has 2 aromatic carbocycles. The van der Waals surface area contributed by atoms with E-state index >= 15 is 0 Å². The van der Waals surface area contributed by atoms with Crippen molar-refractivity contribution in [2.24, 2.45) is 0 Å². The third-order valence-corrected chi connectivity index (χ3v) is 4.96. The van der Waals surface area contributed by atoms with E-state index in [0.717, 1.165) is 42.9 Å². The van der Waals surface area contributed by atoms with Crippen molar-refractivity contribution in [1.29, 1.82) is 0 Å². The van der Waals surface area contributed by atoms with Crippen LogP contribution in [0.1, 0.15) is 5.56 Å². The van der Waals surface area contributed by atoms with Crippen LogP contribution in [0.3, 0.4) is 0 Å². The Morgan fingerprint density at radius 3 is 2.31 bits per heavy atom. The zero-order valence-electron chi connectivity index (χ0n) is 14.8. The maximum Gasteiger partial charge on any atom is 0.238 e. The van der Waals surface area contributed by atoms with Gasteiger partial charge in [0.15, 0.2) is 0 Å². The lowest BCUT2D eigenvalue weighted by molar-refractivity contribution is -0.117. The molecule has 1 fully saturated rings. The molecule has 0 aromatic heterocycles. The van der Waals surface area contributed by atoms with Crippen LogP contribution < -0.4 is 5.32 Å². The molecule has 0 saturated carbocycles. The fourth-order valence-corrected chi connectivity index (χ4v) is 3.23. The largest absolute Gasteiger partial charge is 0.325 e. The SMILES string of the molecule is O=C(CN1CCN(C/C=C/c2ccccc2)CC1)Nc1ccc(Br)cc1. The van der Waals surface area contributed by atoms with Gasteiger partial charge in [-0.05, 0) is 29.8 Å². The molecule has 3 rings (SSSR count). The lowest BCUT2D eigenvalue weighted by Gasteiger charge is -2.33. The van der Waals surface area contributed by atoms with Crippen LogP contribution in [-0.4, -0.2) is 55.0 Å². The zero-order chi connectivity index (χ0) is 18.2. The monoisotopic (exact) mass is 413 g/mol. The highest BCUT2D eigenvalue weighted by atomic mass is 79.9. The van der Waals surface area contributed by atoms with Crippen LogP contribution in [0.2, 0.25) is 0 Å². The molecule has 136 valence electrons. The first-order valence-electron chi connectivity index (χ1n) is 8.91. The van der Waals surface area contributed by atoms with E-state index in [1.807, 2.05) is 30.3 Å². The van der Waals surface area contributed by atoms with Crippen molar-refractivity contribution >= 4 is 33.6 Å². The molecule has 4 nitrogen and oxygen atoms in total. The van der Waals surface area contributed by atoms with E-state index < -0.39 is 0 Å². The van der Waals surface area contributed by atoms with Gasteiger partial charge in [0.25, 0.3) is 0 Å². The van der Waals surface area contributed by atoms with Gasteiger partial charge in [0, 0.05) is 42.9 Å². The minimum Gasteiger partial charge on any atom is -0.325 e. The van der Waals surface area contributed by atoms with Gasteiger partial charge >= 0.3 is 0 Å². The maximum atomic E-state index is 12.2. The first-order valence-corrected chi connectivity index (χ1v) is 9.70. The van der Waals surface area contributed by atoms with Crippen LogP contribution in [0.5, 0.6) is 0 Å². The first-order chi connectivity index (χ1) is 12.7. The summed E-state index contributed by atoms with van der Waals surface area (Å²) in [6, 6.07) is 18.0. The minimum absolute atomic E-state index is 0.0461. The normalized spacial score (nSPS) is 16.0. The Morgan fingerprint density at radius 2 is 1.62 bits per heavy atom. The van der Waals surface area contributed by atoms with Crippen LogP contribution in [0.15, 0.2) is 65.1 Å². The standard InChI is InChI=1S/C21H24BrN3O/c22-19-8-10-20(11-9-19)23-21(26)17-25-15-13-24(14-16-25)12-4-7-18-5-2-1-3-6-18/h1-11H,12-17H2,(H,23,26)/b7-4+. The van der Waals surface area contributed by atoms with E-state index in [-0.39, 0.29) is 5.91 Å². The summed E-state index contributed by atoms with van der Waals surface area (Å²) in [5, 5.41) is 2.95. The van der Waals surface area contributed by atoms with E-state index in [1.165, 1.54) is 5.56 Å². The summed E-state index contributed by atoms with van der Waals surface area (Å²) >= 11 is 3.40. The number of carbonyl (C=O) groups is 1. The Kier molecular flexibility index (Phi) is 7.00. The number of rotatable bonds is 6. The van der Waals surface area contributed by atoms with Crippen LogP contribution in [0.25, 0.3) is 6.08 Å². The Balaban J connectivity index is 1.37. The quantitative estimate of drug-likeness (QED) is 0.783. The fourth-order valence-electron chi connectivity index (χ4n) is 2.97. The van der Waals surface area contributed by atoms with E-state index in [9.17, 15) is 4.79 Å². The molecular weight excluding hydrogens is 390 g/mol. The first kappa shape index (κ1) is 18.8. The average molecular weight is 414 g/mol. The number of halogens is 1. The number of hydrogen-bond donors (Lipinski definition) is 1. The molecule has 0 spiro atoms. The third-order valence-electron chi connectivity index (χ3n) is 4.43. The lowest BCUT2D eigenvalue weighted by atomic mass is 10.2. The van der Waals surface area contributed by atoms with Crippen LogP contribution in [-0.2, 0) is 4.79 Å². The molecule has 0 aliphatic carbocycles. The van der Waals surface area contributed by atoms with Crippen molar-refractivity contribution in [2.75, 3.05) is 44.6 Å². The zero-order valence-corrected chi connectivity index (χ0v) is 16.4. The molecule has 5 heteroatoms. The predicted octanol–water partition coefficient (Wildman–Crippen LogP) is 3.72. The summed E-state index contributed by atoms with van der Waals surface area (Å²) in [7, 11) is 0. The van der Waals surface area contributed by atoms with Crippen molar-refractivity contribution in [3.63, 3.8) is 0 Å². The molecule has 2 aromatic rings. The smallest absolute Gasteiger partial charge is 0.238 e. The van der Waals surface area contributed by atoms with Crippen molar-refractivity contribution in [1.82, 2.24) is 9.80 Å². The molecule has 0 bridgehead atoms. The number of benzene rings is 2. The third kappa shape index (κ3) is 6.09. The summed E-state index contributed by atoms with van der Waals surface area (Å²) in [6.45, 7) is 5.23. The Morgan fingerprint density at radius 1 is 0.962 bits per heavy atom. The Hall–Kier alpha value is -1.95. The van der Waals surface area contributed by atoms with Crippen molar-refractivity contribution < 1.29 is 4.79 Å². The fraction of sp³-hybridized carbons (Fsp3) is 0.286. The highest BCUT2D eigenvalue weighted by Crippen LogP contribution is 2.14. The summed E-state index contributed by atoms with van der Waals surface area (Å²) in [5.41, 5.74) is 2.07. The predicted molar refractivity (Wildman–Crippen MR) is 111 cm³/mol. The number of nitrogens with zero attached hydrogens (tertiary/aromatic N) is 2. The van der Waals surface area contributed by atoms with E-state index in [1.54, 1.807) is 0 Å². The number of anilines is 1. The molecule has 1 aliphatic heterocycles. The highest BCUT2D eigenvalue weighted by Gasteiger charge is 2.18. The molecule has 1 N–H and O–H groups in total. The van der Waals surface area contributed by atoms with E-state index in [4.69, 9.17) is 0 Å². The number of amides is 1. The Labute approximate surface area is 163 Å². The number of hydrogen-bond acceptors (Lipinski definition) is 3. The van der Waals surface area contributed by atoms with Crippen LogP contribution in [0.4, 0.5) is 5.69 Å². The van der Waals surface area contributed by atoms with Gasteiger partial charge in [-0.15, -0.1) is 0 Å². The molecule has 1 heterocycles. The maximum absolute atomic E-state index is 12.2. The van der Waals surface area contributed by atoms with Crippen LogP contribution >= 0.6 is 15.9 Å². The minimum atomic E-state index is 0.0461. The topological polar surface area (TPSA) is 35.6 Å². The van der Waals surface area contributed by atoms with Gasteiger partial charge in [0.05, 0.1) is 6.54 Å². The van der Waals surface area contributed by atoms with Gasteiger partial charge < -0.3 is 5.32 Å². The molecule has 0 atom stereocenters. The second-order valence-electron chi connectivity index (χ2n) is 6.44.